The van der Waals surface area contributed by atoms with Gasteiger partial charge in [0.05, 0.1) is 17.8 Å². The number of fused-ring (bicyclic) bond motifs is 1. The van der Waals surface area contributed by atoms with Crippen LogP contribution < -0.4 is 21.9 Å². The SMILES string of the molecule is Nc1nc2ncc(CNC3C=CC(C(=O)N[C@@H](CC(C=O)C(=O)O)C(=O)O)CC3)nc2c(=O)[nH]1. The predicted octanol–water partition coefficient (Wildman–Crippen LogP) is -1.42. The number of aldehydes is 1. The second-order valence-corrected chi connectivity index (χ2v) is 7.76. The summed E-state index contributed by atoms with van der Waals surface area (Å²) >= 11 is 0. The molecule has 2 heterocycles. The number of aromatic amines is 1. The average molecular weight is 473 g/mol. The first kappa shape index (κ1) is 24.4. The Balaban J connectivity index is 1.56. The molecule has 1 aliphatic rings. The van der Waals surface area contributed by atoms with Crippen LogP contribution in [0, 0.1) is 11.8 Å². The Morgan fingerprint density at radius 1 is 1.21 bits per heavy atom. The quantitative estimate of drug-likeness (QED) is 0.133. The number of carboxylic acid groups (broad SMARTS) is 2. The first-order valence-corrected chi connectivity index (χ1v) is 10.3. The molecular weight excluding hydrogens is 450 g/mol. The van der Waals surface area contributed by atoms with Crippen LogP contribution in [0.2, 0.25) is 0 Å². The number of nitrogens with two attached hydrogens (primary N) is 1. The van der Waals surface area contributed by atoms with Crippen molar-refractivity contribution in [2.45, 2.75) is 37.9 Å². The summed E-state index contributed by atoms with van der Waals surface area (Å²) in [6, 6.07) is -1.60. The second-order valence-electron chi connectivity index (χ2n) is 7.76. The minimum atomic E-state index is -1.53. The van der Waals surface area contributed by atoms with E-state index in [1.54, 1.807) is 12.2 Å². The normalized spacial score (nSPS) is 19.3. The first-order valence-electron chi connectivity index (χ1n) is 10.3. The fraction of sp³-hybridized carbons (Fsp3) is 0.400. The van der Waals surface area contributed by atoms with Crippen molar-refractivity contribution >= 4 is 41.2 Å². The lowest BCUT2D eigenvalue weighted by molar-refractivity contribution is -0.147. The van der Waals surface area contributed by atoms with E-state index < -0.39 is 47.7 Å². The number of H-pyrrole nitrogens is 1. The van der Waals surface area contributed by atoms with Gasteiger partial charge in [0.2, 0.25) is 11.9 Å². The number of carbonyl (C=O) groups excluding carboxylic acids is 2. The molecule has 1 amide bonds. The highest BCUT2D eigenvalue weighted by molar-refractivity contribution is 5.89. The molecule has 0 radical (unpaired) electrons. The summed E-state index contributed by atoms with van der Waals surface area (Å²) in [5.74, 6) is -5.63. The van der Waals surface area contributed by atoms with Gasteiger partial charge in [-0.2, -0.15) is 4.98 Å². The van der Waals surface area contributed by atoms with Gasteiger partial charge in [0.1, 0.15) is 18.2 Å². The molecule has 7 N–H and O–H groups in total. The molecule has 0 aromatic carbocycles. The molecule has 1 aliphatic carbocycles. The molecule has 0 saturated carbocycles. The third-order valence-corrected chi connectivity index (χ3v) is 5.32. The number of nitrogen functional groups attached to an aromatic ring is 1. The zero-order chi connectivity index (χ0) is 24.8. The standard InChI is InChI=1S/C20H23N7O7/c21-20-26-15-14(17(30)27-20)24-12(7-23-15)6-22-11-3-1-9(2-4-11)16(29)25-13(19(33)34)5-10(8-28)18(31)32/h1,3,7-11,13,22H,2,4-6H2,(H,25,29)(H,31,32)(H,33,34)(H3,21,23,26,27,30)/t9?,10?,11?,13-/m0/s1. The lowest BCUT2D eigenvalue weighted by atomic mass is 9.91. The number of aliphatic carboxylic acids is 2. The van der Waals surface area contributed by atoms with E-state index in [0.717, 1.165) is 0 Å². The summed E-state index contributed by atoms with van der Waals surface area (Å²) in [7, 11) is 0. The third kappa shape index (κ3) is 5.98. The Bertz CT molecular complexity index is 1200. The highest BCUT2D eigenvalue weighted by Gasteiger charge is 2.30. The van der Waals surface area contributed by atoms with Gasteiger partial charge in [-0.05, 0) is 19.3 Å². The van der Waals surface area contributed by atoms with Crippen molar-refractivity contribution < 1.29 is 29.4 Å². The van der Waals surface area contributed by atoms with E-state index >= 15 is 0 Å². The fourth-order valence-electron chi connectivity index (χ4n) is 3.47. The van der Waals surface area contributed by atoms with Gasteiger partial charge in [0.15, 0.2) is 11.2 Å². The number of anilines is 1. The van der Waals surface area contributed by atoms with Gasteiger partial charge in [0, 0.05) is 12.6 Å². The number of hydrogen-bond donors (Lipinski definition) is 6. The molecule has 0 bridgehead atoms. The van der Waals surface area contributed by atoms with E-state index in [0.29, 0.717) is 25.1 Å². The van der Waals surface area contributed by atoms with Crippen molar-refractivity contribution in [3.8, 4) is 0 Å². The van der Waals surface area contributed by atoms with Crippen LogP contribution in [-0.4, -0.2) is 66.4 Å². The van der Waals surface area contributed by atoms with Crippen LogP contribution in [0.25, 0.3) is 11.2 Å². The molecule has 4 atom stereocenters. The number of rotatable bonds is 10. The van der Waals surface area contributed by atoms with Gasteiger partial charge in [-0.1, -0.05) is 12.2 Å². The van der Waals surface area contributed by atoms with E-state index in [1.807, 2.05) is 0 Å². The lowest BCUT2D eigenvalue weighted by Crippen LogP contribution is -2.46. The molecule has 14 heteroatoms. The number of nitrogens with one attached hydrogen (secondary N) is 3. The maximum atomic E-state index is 12.5. The summed E-state index contributed by atoms with van der Waals surface area (Å²) in [5, 5.41) is 23.7. The summed E-state index contributed by atoms with van der Waals surface area (Å²) in [5.41, 5.74) is 5.70. The first-order chi connectivity index (χ1) is 16.2. The van der Waals surface area contributed by atoms with Crippen molar-refractivity contribution in [3.63, 3.8) is 0 Å². The monoisotopic (exact) mass is 473 g/mol. The van der Waals surface area contributed by atoms with E-state index in [9.17, 15) is 29.1 Å². The van der Waals surface area contributed by atoms with E-state index in [4.69, 9.17) is 10.8 Å². The van der Waals surface area contributed by atoms with Crippen molar-refractivity contribution in [3.05, 3.63) is 34.4 Å². The highest BCUT2D eigenvalue weighted by Crippen LogP contribution is 2.19. The maximum absolute atomic E-state index is 12.5. The van der Waals surface area contributed by atoms with Gasteiger partial charge >= 0.3 is 11.9 Å². The van der Waals surface area contributed by atoms with Crippen molar-refractivity contribution in [2.24, 2.45) is 11.8 Å². The molecule has 0 aliphatic heterocycles. The van der Waals surface area contributed by atoms with Crippen LogP contribution >= 0.6 is 0 Å². The minimum Gasteiger partial charge on any atom is -0.481 e. The molecule has 180 valence electrons. The summed E-state index contributed by atoms with van der Waals surface area (Å²) in [6.07, 6.45) is 5.43. The molecule has 0 saturated heterocycles. The maximum Gasteiger partial charge on any atom is 0.326 e. The second kappa shape index (κ2) is 10.6. The Kier molecular flexibility index (Phi) is 7.63. The molecule has 2 aromatic rings. The van der Waals surface area contributed by atoms with Crippen LogP contribution in [0.5, 0.6) is 0 Å². The number of carboxylic acids is 2. The van der Waals surface area contributed by atoms with E-state index in [2.05, 4.69) is 30.6 Å². The largest absolute Gasteiger partial charge is 0.481 e. The van der Waals surface area contributed by atoms with Crippen molar-refractivity contribution in [1.82, 2.24) is 30.6 Å². The number of nitrogens with zero attached hydrogens (tertiary/aromatic N) is 3. The number of hydrogen-bond acceptors (Lipinski definition) is 10. The summed E-state index contributed by atoms with van der Waals surface area (Å²) in [6.45, 7) is 0.294. The minimum absolute atomic E-state index is 0.0521. The summed E-state index contributed by atoms with van der Waals surface area (Å²) < 4.78 is 0. The van der Waals surface area contributed by atoms with E-state index in [-0.39, 0.29) is 29.4 Å². The van der Waals surface area contributed by atoms with Gasteiger partial charge in [-0.25, -0.2) is 14.8 Å². The topological polar surface area (TPSA) is 230 Å². The Labute approximate surface area is 191 Å². The molecule has 3 rings (SSSR count). The molecule has 0 fully saturated rings. The predicted molar refractivity (Wildman–Crippen MR) is 116 cm³/mol. The highest BCUT2D eigenvalue weighted by atomic mass is 16.4. The molecule has 2 aromatic heterocycles. The zero-order valence-electron chi connectivity index (χ0n) is 17.8. The molecule has 34 heavy (non-hydrogen) atoms. The zero-order valence-corrected chi connectivity index (χ0v) is 17.8. The number of aromatic nitrogens is 4. The van der Waals surface area contributed by atoms with Gasteiger partial charge in [0.25, 0.3) is 5.56 Å². The molecule has 3 unspecified atom stereocenters. The Morgan fingerprint density at radius 3 is 2.59 bits per heavy atom. The van der Waals surface area contributed by atoms with Crippen LogP contribution in [0.3, 0.4) is 0 Å². The van der Waals surface area contributed by atoms with Gasteiger partial charge in [-0.3, -0.25) is 19.4 Å². The van der Waals surface area contributed by atoms with Gasteiger partial charge < -0.3 is 31.4 Å². The number of amides is 1. The molecule has 14 nitrogen and oxygen atoms in total. The molecular formula is C20H23N7O7. The van der Waals surface area contributed by atoms with Crippen LogP contribution in [0.15, 0.2) is 23.1 Å². The van der Waals surface area contributed by atoms with Crippen molar-refractivity contribution in [2.75, 3.05) is 5.73 Å². The average Bonchev–Trinajstić information content (AvgIpc) is 2.80. The van der Waals surface area contributed by atoms with Gasteiger partial charge in [-0.15, -0.1) is 0 Å². The lowest BCUT2D eigenvalue weighted by Gasteiger charge is -2.25. The van der Waals surface area contributed by atoms with E-state index in [1.165, 1.54) is 6.20 Å². The summed E-state index contributed by atoms with van der Waals surface area (Å²) in [4.78, 5) is 72.2. The van der Waals surface area contributed by atoms with Crippen molar-refractivity contribution in [1.29, 1.82) is 0 Å². The Hall–Kier alpha value is -4.20. The molecule has 0 spiro atoms. The Morgan fingerprint density at radius 2 is 1.97 bits per heavy atom. The van der Waals surface area contributed by atoms with Crippen LogP contribution in [0.1, 0.15) is 25.0 Å². The van der Waals surface area contributed by atoms with Crippen LogP contribution in [0.4, 0.5) is 5.95 Å². The number of carbonyl (C=O) groups is 4. The smallest absolute Gasteiger partial charge is 0.326 e. The third-order valence-electron chi connectivity index (χ3n) is 5.32. The fourth-order valence-corrected chi connectivity index (χ4v) is 3.47. The van der Waals surface area contributed by atoms with Crippen LogP contribution in [-0.2, 0) is 25.7 Å².